The van der Waals surface area contributed by atoms with Gasteiger partial charge in [-0.15, -0.1) is 0 Å². The van der Waals surface area contributed by atoms with Gasteiger partial charge in [-0.05, 0) is 50.8 Å². The molecule has 7 nitrogen and oxygen atoms in total. The summed E-state index contributed by atoms with van der Waals surface area (Å²) in [5, 5.41) is 3.07. The Morgan fingerprint density at radius 3 is 2.79 bits per heavy atom. The minimum atomic E-state index is 0.0784. The van der Waals surface area contributed by atoms with Crippen molar-refractivity contribution in [1.82, 2.24) is 24.5 Å². The molecule has 2 aromatic heterocycles. The lowest BCUT2D eigenvalue weighted by atomic mass is 9.98. The SMILES string of the molecule is O=C1CC2CCCCN2CCCN(C(=O)c2ccc3nccn3c2)CCCCN1. The van der Waals surface area contributed by atoms with Crippen LogP contribution in [0.4, 0.5) is 0 Å². The van der Waals surface area contributed by atoms with Crippen molar-refractivity contribution >= 4 is 17.5 Å². The van der Waals surface area contributed by atoms with E-state index in [9.17, 15) is 9.59 Å². The number of hydrogen-bond donors (Lipinski definition) is 1. The zero-order valence-corrected chi connectivity index (χ0v) is 17.1. The van der Waals surface area contributed by atoms with Gasteiger partial charge in [0.05, 0.1) is 5.56 Å². The predicted octanol–water partition coefficient (Wildman–Crippen LogP) is 2.32. The maximum atomic E-state index is 13.2. The third kappa shape index (κ3) is 4.96. The van der Waals surface area contributed by atoms with Gasteiger partial charge in [-0.25, -0.2) is 4.98 Å². The molecule has 1 unspecified atom stereocenters. The standard InChI is InChI=1S/C22H31N5O2/c28-21-16-19-6-1-3-11-25(19)13-5-14-26(12-4-2-9-24-21)22(29)18-7-8-20-23-10-15-27(20)17-18/h7-8,10,15,17,19H,1-6,9,11-14,16H2,(H,24,28). The third-order valence-electron chi connectivity index (χ3n) is 6.14. The summed E-state index contributed by atoms with van der Waals surface area (Å²) in [6.45, 7) is 4.17. The highest BCUT2D eigenvalue weighted by molar-refractivity contribution is 5.94. The van der Waals surface area contributed by atoms with E-state index in [0.29, 0.717) is 24.6 Å². The lowest BCUT2D eigenvalue weighted by molar-refractivity contribution is -0.122. The van der Waals surface area contributed by atoms with Crippen molar-refractivity contribution in [2.45, 2.75) is 51.0 Å². The summed E-state index contributed by atoms with van der Waals surface area (Å²) in [5.74, 6) is 0.248. The molecule has 2 fully saturated rings. The first-order chi connectivity index (χ1) is 14.2. The zero-order chi connectivity index (χ0) is 20.1. The van der Waals surface area contributed by atoms with E-state index in [1.807, 2.05) is 33.8 Å². The van der Waals surface area contributed by atoms with Gasteiger partial charge in [0.2, 0.25) is 5.91 Å². The van der Waals surface area contributed by atoms with E-state index in [2.05, 4.69) is 15.2 Å². The van der Waals surface area contributed by atoms with E-state index >= 15 is 0 Å². The van der Waals surface area contributed by atoms with Crippen molar-refractivity contribution in [3.8, 4) is 0 Å². The quantitative estimate of drug-likeness (QED) is 0.802. The van der Waals surface area contributed by atoms with Gasteiger partial charge in [0.1, 0.15) is 5.65 Å². The fourth-order valence-electron chi connectivity index (χ4n) is 4.54. The van der Waals surface area contributed by atoms with E-state index in [1.165, 1.54) is 12.8 Å². The average Bonchev–Trinajstić information content (AvgIpc) is 3.20. The third-order valence-corrected chi connectivity index (χ3v) is 6.14. The maximum absolute atomic E-state index is 13.2. The molecule has 29 heavy (non-hydrogen) atoms. The molecule has 2 saturated heterocycles. The van der Waals surface area contributed by atoms with Gasteiger partial charge < -0.3 is 14.6 Å². The largest absolute Gasteiger partial charge is 0.356 e. The molecule has 156 valence electrons. The molecule has 0 saturated carbocycles. The van der Waals surface area contributed by atoms with Crippen LogP contribution in [0, 0.1) is 0 Å². The average molecular weight is 398 g/mol. The van der Waals surface area contributed by atoms with Gasteiger partial charge in [-0.3, -0.25) is 14.5 Å². The molecule has 0 aliphatic carbocycles. The lowest BCUT2D eigenvalue weighted by Gasteiger charge is -2.35. The molecular weight excluding hydrogens is 366 g/mol. The number of amides is 2. The summed E-state index contributed by atoms with van der Waals surface area (Å²) < 4.78 is 1.89. The Bertz CT molecular complexity index is 849. The second-order valence-corrected chi connectivity index (χ2v) is 8.20. The molecule has 1 N–H and O–H groups in total. The molecule has 2 aliphatic rings. The predicted molar refractivity (Wildman–Crippen MR) is 112 cm³/mol. The summed E-state index contributed by atoms with van der Waals surface area (Å²) in [6, 6.07) is 4.10. The zero-order valence-electron chi connectivity index (χ0n) is 17.1. The number of fused-ring (bicyclic) bond motifs is 2. The number of hydrogen-bond acceptors (Lipinski definition) is 4. The maximum Gasteiger partial charge on any atom is 0.255 e. The van der Waals surface area contributed by atoms with Crippen LogP contribution >= 0.6 is 0 Å². The Labute approximate surface area is 172 Å². The van der Waals surface area contributed by atoms with Crippen LogP contribution in [0.1, 0.15) is 55.3 Å². The highest BCUT2D eigenvalue weighted by Gasteiger charge is 2.25. The summed E-state index contributed by atoms with van der Waals surface area (Å²) in [5.41, 5.74) is 1.54. The molecule has 7 heteroatoms. The molecule has 2 amide bonds. The summed E-state index contributed by atoms with van der Waals surface area (Å²) in [4.78, 5) is 34.2. The monoisotopic (exact) mass is 397 g/mol. The van der Waals surface area contributed by atoms with Crippen molar-refractivity contribution in [3.63, 3.8) is 0 Å². The van der Waals surface area contributed by atoms with Gasteiger partial charge in [-0.1, -0.05) is 6.42 Å². The molecule has 2 aromatic rings. The molecule has 4 heterocycles. The summed E-state index contributed by atoms with van der Waals surface area (Å²) in [7, 11) is 0. The highest BCUT2D eigenvalue weighted by atomic mass is 16.2. The Balaban J connectivity index is 1.46. The number of imidazole rings is 1. The van der Waals surface area contributed by atoms with Gasteiger partial charge in [-0.2, -0.15) is 0 Å². The molecule has 1 atom stereocenters. The van der Waals surface area contributed by atoms with Crippen LogP contribution in [0.5, 0.6) is 0 Å². The summed E-state index contributed by atoms with van der Waals surface area (Å²) in [6.07, 6.45) is 12.3. The number of rotatable bonds is 1. The molecule has 0 aromatic carbocycles. The van der Waals surface area contributed by atoms with Crippen molar-refractivity contribution in [1.29, 1.82) is 0 Å². The van der Waals surface area contributed by atoms with E-state index < -0.39 is 0 Å². The Morgan fingerprint density at radius 1 is 1.03 bits per heavy atom. The topological polar surface area (TPSA) is 70.0 Å². The number of carbonyl (C=O) groups excluding carboxylic acids is 2. The first-order valence-corrected chi connectivity index (χ1v) is 10.9. The number of aromatic nitrogens is 2. The molecule has 4 rings (SSSR count). The van der Waals surface area contributed by atoms with Crippen LogP contribution in [-0.2, 0) is 4.79 Å². The second-order valence-electron chi connectivity index (χ2n) is 8.20. The van der Waals surface area contributed by atoms with E-state index in [1.54, 1.807) is 6.20 Å². The van der Waals surface area contributed by atoms with E-state index in [0.717, 1.165) is 57.5 Å². The van der Waals surface area contributed by atoms with Crippen molar-refractivity contribution < 1.29 is 9.59 Å². The van der Waals surface area contributed by atoms with Crippen LogP contribution in [0.15, 0.2) is 30.7 Å². The molecule has 2 aliphatic heterocycles. The molecular formula is C22H31N5O2. The molecule has 0 radical (unpaired) electrons. The van der Waals surface area contributed by atoms with Crippen LogP contribution in [0.3, 0.4) is 0 Å². The smallest absolute Gasteiger partial charge is 0.255 e. The highest BCUT2D eigenvalue weighted by Crippen LogP contribution is 2.20. The first kappa shape index (κ1) is 19.9. The van der Waals surface area contributed by atoms with Crippen LogP contribution in [0.25, 0.3) is 5.65 Å². The number of carbonyl (C=O) groups is 2. The number of piperidine rings is 1. The van der Waals surface area contributed by atoms with Gasteiger partial charge in [0.25, 0.3) is 5.91 Å². The first-order valence-electron chi connectivity index (χ1n) is 10.9. The molecule has 0 spiro atoms. The molecule has 0 bridgehead atoms. The Morgan fingerprint density at radius 2 is 1.86 bits per heavy atom. The lowest BCUT2D eigenvalue weighted by Crippen LogP contribution is -2.44. The number of nitrogens with zero attached hydrogens (tertiary/aromatic N) is 4. The Kier molecular flexibility index (Phi) is 6.44. The van der Waals surface area contributed by atoms with Crippen molar-refractivity contribution in [3.05, 3.63) is 36.3 Å². The van der Waals surface area contributed by atoms with Crippen molar-refractivity contribution in [2.24, 2.45) is 0 Å². The van der Waals surface area contributed by atoms with Crippen LogP contribution in [-0.4, -0.2) is 69.8 Å². The normalized spacial score (nSPS) is 22.8. The fourth-order valence-corrected chi connectivity index (χ4v) is 4.54. The number of pyridine rings is 1. The van der Waals surface area contributed by atoms with Crippen molar-refractivity contribution in [2.75, 3.05) is 32.7 Å². The summed E-state index contributed by atoms with van der Waals surface area (Å²) >= 11 is 0. The second kappa shape index (κ2) is 9.39. The van der Waals surface area contributed by atoms with E-state index in [4.69, 9.17) is 0 Å². The van der Waals surface area contributed by atoms with Crippen LogP contribution < -0.4 is 5.32 Å². The fraction of sp³-hybridized carbons (Fsp3) is 0.591. The van der Waals surface area contributed by atoms with Gasteiger partial charge >= 0.3 is 0 Å². The number of nitrogens with one attached hydrogen (secondary N) is 1. The van der Waals surface area contributed by atoms with Crippen LogP contribution in [0.2, 0.25) is 0 Å². The Hall–Kier alpha value is -2.41. The van der Waals surface area contributed by atoms with Gasteiger partial charge in [0, 0.05) is 57.2 Å². The minimum Gasteiger partial charge on any atom is -0.356 e. The van der Waals surface area contributed by atoms with Gasteiger partial charge in [0.15, 0.2) is 0 Å². The minimum absolute atomic E-state index is 0.0784. The van der Waals surface area contributed by atoms with E-state index in [-0.39, 0.29) is 11.8 Å².